The van der Waals surface area contributed by atoms with E-state index < -0.39 is 11.8 Å². The van der Waals surface area contributed by atoms with Gasteiger partial charge in [-0.2, -0.15) is 0 Å². The first-order valence-corrected chi connectivity index (χ1v) is 11.1. The minimum absolute atomic E-state index is 0.0280. The molecule has 3 N–H and O–H groups in total. The van der Waals surface area contributed by atoms with Crippen LogP contribution in [0.4, 0.5) is 5.69 Å². The molecule has 3 rings (SSSR count). The van der Waals surface area contributed by atoms with Gasteiger partial charge in [-0.05, 0) is 74.2 Å². The third-order valence-electron chi connectivity index (χ3n) is 5.49. The lowest BCUT2D eigenvalue weighted by molar-refractivity contribution is -0.124. The second-order valence-electron chi connectivity index (χ2n) is 8.06. The smallest absolute Gasteiger partial charge is 0.276 e. The molecule has 0 radical (unpaired) electrons. The fraction of sp³-hybridized carbons (Fsp3) is 0.375. The molecule has 0 spiro atoms. The molecule has 1 saturated carbocycles. The molecular formula is C24H28ClN3O4. The van der Waals surface area contributed by atoms with Gasteiger partial charge in [0.25, 0.3) is 11.8 Å². The number of anilines is 1. The van der Waals surface area contributed by atoms with Gasteiger partial charge in [0.1, 0.15) is 5.75 Å². The summed E-state index contributed by atoms with van der Waals surface area (Å²) in [6.07, 6.45) is 5.22. The van der Waals surface area contributed by atoms with Gasteiger partial charge in [-0.15, -0.1) is 0 Å². The number of benzene rings is 2. The largest absolute Gasteiger partial charge is 0.484 e. The lowest BCUT2D eigenvalue weighted by atomic mass is 9.88. The molecule has 0 aromatic heterocycles. The molecule has 8 heteroatoms. The maximum atomic E-state index is 12.3. The number of aryl methyl sites for hydroxylation is 2. The van der Waals surface area contributed by atoms with Gasteiger partial charge in [0.15, 0.2) is 6.61 Å². The highest BCUT2D eigenvalue weighted by molar-refractivity contribution is 6.32. The average Bonchev–Trinajstić information content (AvgIpc) is 2.80. The van der Waals surface area contributed by atoms with E-state index >= 15 is 0 Å². The summed E-state index contributed by atoms with van der Waals surface area (Å²) in [6.45, 7) is 3.46. The van der Waals surface area contributed by atoms with Crippen LogP contribution in [0.2, 0.25) is 5.02 Å². The highest BCUT2D eigenvalue weighted by atomic mass is 35.5. The molecule has 32 heavy (non-hydrogen) atoms. The number of carbonyl (C=O) groups is 3. The summed E-state index contributed by atoms with van der Waals surface area (Å²) in [6, 6.07) is 10.0. The van der Waals surface area contributed by atoms with E-state index in [-0.39, 0.29) is 18.4 Å². The number of hydrogen-bond donors (Lipinski definition) is 3. The standard InChI is InChI=1S/C24H28ClN3O4/c1-15-12-20(13-16(2)22(15)25)32-14-21(29)27-28-24(31)18-8-10-19(11-9-18)26-23(30)17-6-4-3-5-7-17/h8-13,17H,3-7,14H2,1-2H3,(H,26,30)(H,27,29)(H,28,31). The molecule has 1 aliphatic carbocycles. The highest BCUT2D eigenvalue weighted by Crippen LogP contribution is 2.26. The topological polar surface area (TPSA) is 96.5 Å². The Morgan fingerprint density at radius 3 is 2.22 bits per heavy atom. The van der Waals surface area contributed by atoms with Crippen LogP contribution in [0.25, 0.3) is 0 Å². The summed E-state index contributed by atoms with van der Waals surface area (Å²) in [4.78, 5) is 36.6. The lowest BCUT2D eigenvalue weighted by Crippen LogP contribution is -2.43. The third kappa shape index (κ3) is 6.47. The van der Waals surface area contributed by atoms with E-state index in [2.05, 4.69) is 16.2 Å². The fourth-order valence-corrected chi connectivity index (χ4v) is 3.80. The second-order valence-corrected chi connectivity index (χ2v) is 8.44. The monoisotopic (exact) mass is 457 g/mol. The van der Waals surface area contributed by atoms with E-state index in [9.17, 15) is 14.4 Å². The normalized spacial score (nSPS) is 13.8. The summed E-state index contributed by atoms with van der Waals surface area (Å²) < 4.78 is 5.46. The predicted octanol–water partition coefficient (Wildman–Crippen LogP) is 4.32. The van der Waals surface area contributed by atoms with Crippen LogP contribution in [0.1, 0.15) is 53.6 Å². The average molecular weight is 458 g/mol. The van der Waals surface area contributed by atoms with E-state index in [0.717, 1.165) is 36.8 Å². The Morgan fingerprint density at radius 2 is 1.59 bits per heavy atom. The molecule has 2 aromatic carbocycles. The molecule has 1 fully saturated rings. The zero-order valence-corrected chi connectivity index (χ0v) is 19.1. The first-order chi connectivity index (χ1) is 15.3. The van der Waals surface area contributed by atoms with Crippen LogP contribution in [0.5, 0.6) is 5.75 Å². The molecule has 170 valence electrons. The highest BCUT2D eigenvalue weighted by Gasteiger charge is 2.21. The first-order valence-electron chi connectivity index (χ1n) is 10.7. The van der Waals surface area contributed by atoms with Crippen LogP contribution in [0, 0.1) is 19.8 Å². The number of rotatable bonds is 6. The molecule has 0 heterocycles. The predicted molar refractivity (Wildman–Crippen MR) is 124 cm³/mol. The maximum Gasteiger partial charge on any atom is 0.276 e. The summed E-state index contributed by atoms with van der Waals surface area (Å²) in [7, 11) is 0. The Bertz CT molecular complexity index is 962. The van der Waals surface area contributed by atoms with E-state index in [4.69, 9.17) is 16.3 Å². The number of amides is 3. The Labute approximate surface area is 192 Å². The van der Waals surface area contributed by atoms with Crippen LogP contribution in [0.3, 0.4) is 0 Å². The Kier molecular flexibility index (Phi) is 8.11. The quantitative estimate of drug-likeness (QED) is 0.563. The van der Waals surface area contributed by atoms with Crippen LogP contribution >= 0.6 is 11.6 Å². The fourth-order valence-electron chi connectivity index (χ4n) is 3.69. The molecular weight excluding hydrogens is 430 g/mol. The van der Waals surface area contributed by atoms with Gasteiger partial charge < -0.3 is 10.1 Å². The van der Waals surface area contributed by atoms with Gasteiger partial charge in [-0.3, -0.25) is 25.2 Å². The van der Waals surface area contributed by atoms with Crippen molar-refractivity contribution in [3.63, 3.8) is 0 Å². The molecule has 0 bridgehead atoms. The Balaban J connectivity index is 1.44. The summed E-state index contributed by atoms with van der Waals surface area (Å²) in [5.41, 5.74) is 7.38. The maximum absolute atomic E-state index is 12.3. The molecule has 3 amide bonds. The van der Waals surface area contributed by atoms with Gasteiger partial charge in [-0.1, -0.05) is 30.9 Å². The summed E-state index contributed by atoms with van der Waals surface area (Å²) in [5.74, 6) is -0.358. The third-order valence-corrected chi connectivity index (χ3v) is 6.08. The van der Waals surface area contributed by atoms with Crippen molar-refractivity contribution >= 4 is 35.0 Å². The number of halogens is 1. The van der Waals surface area contributed by atoms with Crippen molar-refractivity contribution in [2.24, 2.45) is 5.92 Å². The Morgan fingerprint density at radius 1 is 0.969 bits per heavy atom. The molecule has 1 aliphatic rings. The van der Waals surface area contributed by atoms with Gasteiger partial charge in [0, 0.05) is 22.2 Å². The molecule has 0 saturated heterocycles. The second kappa shape index (κ2) is 11.0. The number of hydrogen-bond acceptors (Lipinski definition) is 4. The molecule has 0 atom stereocenters. The van der Waals surface area contributed by atoms with Crippen LogP contribution in [-0.2, 0) is 9.59 Å². The van der Waals surface area contributed by atoms with Crippen molar-refractivity contribution in [1.29, 1.82) is 0 Å². The summed E-state index contributed by atoms with van der Waals surface area (Å²) >= 11 is 6.12. The minimum atomic E-state index is -0.500. The first kappa shape index (κ1) is 23.6. The molecule has 0 unspecified atom stereocenters. The molecule has 2 aromatic rings. The van der Waals surface area contributed by atoms with Crippen molar-refractivity contribution in [2.45, 2.75) is 46.0 Å². The summed E-state index contributed by atoms with van der Waals surface area (Å²) in [5, 5.41) is 3.57. The van der Waals surface area contributed by atoms with E-state index in [0.29, 0.717) is 22.0 Å². The van der Waals surface area contributed by atoms with Crippen molar-refractivity contribution in [3.05, 3.63) is 58.1 Å². The van der Waals surface area contributed by atoms with Crippen molar-refractivity contribution in [1.82, 2.24) is 10.9 Å². The van der Waals surface area contributed by atoms with E-state index in [1.54, 1.807) is 36.4 Å². The SMILES string of the molecule is Cc1cc(OCC(=O)NNC(=O)c2ccc(NC(=O)C3CCCCC3)cc2)cc(C)c1Cl. The molecule has 0 aliphatic heterocycles. The molecule has 7 nitrogen and oxygen atoms in total. The number of ether oxygens (including phenoxy) is 1. The lowest BCUT2D eigenvalue weighted by Gasteiger charge is -2.20. The van der Waals surface area contributed by atoms with Gasteiger partial charge in [0.05, 0.1) is 0 Å². The van der Waals surface area contributed by atoms with E-state index in [1.807, 2.05) is 13.8 Å². The van der Waals surface area contributed by atoms with Crippen LogP contribution in [0.15, 0.2) is 36.4 Å². The van der Waals surface area contributed by atoms with Crippen LogP contribution < -0.4 is 20.9 Å². The van der Waals surface area contributed by atoms with Crippen LogP contribution in [-0.4, -0.2) is 24.3 Å². The number of nitrogens with one attached hydrogen (secondary N) is 3. The zero-order chi connectivity index (χ0) is 23.1. The Hall–Kier alpha value is -3.06. The van der Waals surface area contributed by atoms with Crippen molar-refractivity contribution in [3.8, 4) is 5.75 Å². The van der Waals surface area contributed by atoms with Crippen molar-refractivity contribution < 1.29 is 19.1 Å². The number of hydrazine groups is 1. The zero-order valence-electron chi connectivity index (χ0n) is 18.3. The van der Waals surface area contributed by atoms with Gasteiger partial charge in [0.2, 0.25) is 5.91 Å². The van der Waals surface area contributed by atoms with Gasteiger partial charge in [-0.25, -0.2) is 0 Å². The minimum Gasteiger partial charge on any atom is -0.484 e. The van der Waals surface area contributed by atoms with E-state index in [1.165, 1.54) is 6.42 Å². The number of carbonyl (C=O) groups excluding carboxylic acids is 3. The van der Waals surface area contributed by atoms with Gasteiger partial charge >= 0.3 is 0 Å². The van der Waals surface area contributed by atoms with Crippen molar-refractivity contribution in [2.75, 3.05) is 11.9 Å².